The Balaban J connectivity index is 1.70. The van der Waals surface area contributed by atoms with Crippen molar-refractivity contribution in [1.82, 2.24) is 9.88 Å². The van der Waals surface area contributed by atoms with E-state index >= 15 is 0 Å². The first-order chi connectivity index (χ1) is 13.5. The zero-order chi connectivity index (χ0) is 19.7. The van der Waals surface area contributed by atoms with Crippen LogP contribution in [0.15, 0.2) is 66.7 Å². The minimum atomic E-state index is -0.0803. The summed E-state index contributed by atoms with van der Waals surface area (Å²) in [6.07, 6.45) is 0. The van der Waals surface area contributed by atoms with Crippen molar-refractivity contribution < 1.29 is 4.79 Å². The molecule has 0 spiro atoms. The number of carbonyl (C=O) groups is 1. The van der Waals surface area contributed by atoms with Gasteiger partial charge in [-0.05, 0) is 24.1 Å². The Morgan fingerprint density at radius 3 is 2.39 bits per heavy atom. The van der Waals surface area contributed by atoms with Gasteiger partial charge in [0, 0.05) is 24.5 Å². The van der Waals surface area contributed by atoms with Gasteiger partial charge in [0.2, 0.25) is 0 Å². The summed E-state index contributed by atoms with van der Waals surface area (Å²) in [6, 6.07) is 22.0. The first-order valence-electron chi connectivity index (χ1n) is 9.09. The topological polar surface area (TPSA) is 59.2 Å². The molecular formula is C23H21N3OS. The number of aromatic nitrogens is 1. The number of nitrogen functional groups attached to an aromatic ring is 1. The van der Waals surface area contributed by atoms with E-state index in [1.807, 2.05) is 73.7 Å². The number of thiophene rings is 1. The van der Waals surface area contributed by atoms with Gasteiger partial charge in [0.15, 0.2) is 0 Å². The van der Waals surface area contributed by atoms with E-state index in [2.05, 4.69) is 0 Å². The summed E-state index contributed by atoms with van der Waals surface area (Å²) in [5, 5.41) is 0.846. The molecule has 0 radical (unpaired) electrons. The smallest absolute Gasteiger partial charge is 0.266 e. The lowest BCUT2D eigenvalue weighted by molar-refractivity contribution is 0.0791. The quantitative estimate of drug-likeness (QED) is 0.528. The highest BCUT2D eigenvalue weighted by Gasteiger charge is 2.21. The van der Waals surface area contributed by atoms with E-state index in [0.717, 1.165) is 32.6 Å². The van der Waals surface area contributed by atoms with Crippen molar-refractivity contribution in [3.8, 4) is 11.3 Å². The van der Waals surface area contributed by atoms with Gasteiger partial charge < -0.3 is 10.6 Å². The number of carbonyl (C=O) groups excluding carboxylic acids is 1. The predicted molar refractivity (Wildman–Crippen MR) is 116 cm³/mol. The Bertz CT molecular complexity index is 1140. The van der Waals surface area contributed by atoms with Gasteiger partial charge in [-0.1, -0.05) is 60.7 Å². The largest absolute Gasteiger partial charge is 0.397 e. The maximum Gasteiger partial charge on any atom is 0.266 e. The van der Waals surface area contributed by atoms with Crippen molar-refractivity contribution in [1.29, 1.82) is 0 Å². The van der Waals surface area contributed by atoms with E-state index in [1.54, 1.807) is 11.9 Å². The van der Waals surface area contributed by atoms with E-state index in [1.165, 1.54) is 11.3 Å². The fourth-order valence-corrected chi connectivity index (χ4v) is 4.36. The second-order valence-electron chi connectivity index (χ2n) is 6.86. The van der Waals surface area contributed by atoms with Gasteiger partial charge >= 0.3 is 0 Å². The second-order valence-corrected chi connectivity index (χ2v) is 7.86. The number of aryl methyl sites for hydroxylation is 1. The summed E-state index contributed by atoms with van der Waals surface area (Å²) < 4.78 is 0. The summed E-state index contributed by atoms with van der Waals surface area (Å²) >= 11 is 1.36. The maximum atomic E-state index is 13.0. The van der Waals surface area contributed by atoms with Crippen LogP contribution in [0.4, 0.5) is 5.69 Å². The molecule has 2 heterocycles. The molecule has 0 aliphatic heterocycles. The summed E-state index contributed by atoms with van der Waals surface area (Å²) in [7, 11) is 1.80. The minimum absolute atomic E-state index is 0.0803. The number of anilines is 1. The van der Waals surface area contributed by atoms with E-state index in [4.69, 9.17) is 10.7 Å². The van der Waals surface area contributed by atoms with Crippen LogP contribution in [0.2, 0.25) is 0 Å². The molecule has 0 fully saturated rings. The molecule has 140 valence electrons. The standard InChI is InChI=1S/C23H21N3OS/c1-15-13-18-19(24)21(23(27)26(2)14-16-9-5-3-6-10-16)28-22(18)25-20(15)17-11-7-4-8-12-17/h3-13H,14,24H2,1-2H3. The maximum absolute atomic E-state index is 13.0. The lowest BCUT2D eigenvalue weighted by Crippen LogP contribution is -2.26. The number of nitrogens with zero attached hydrogens (tertiary/aromatic N) is 2. The fraction of sp³-hybridized carbons (Fsp3) is 0.130. The Hall–Kier alpha value is -3.18. The number of nitrogens with two attached hydrogens (primary N) is 1. The normalized spacial score (nSPS) is 10.9. The number of pyridine rings is 1. The van der Waals surface area contributed by atoms with Gasteiger partial charge in [-0.15, -0.1) is 11.3 Å². The van der Waals surface area contributed by atoms with Crippen molar-refractivity contribution in [3.63, 3.8) is 0 Å². The Labute approximate surface area is 168 Å². The van der Waals surface area contributed by atoms with Crippen LogP contribution in [0.3, 0.4) is 0 Å². The van der Waals surface area contributed by atoms with Crippen LogP contribution < -0.4 is 5.73 Å². The fourth-order valence-electron chi connectivity index (χ4n) is 3.29. The first kappa shape index (κ1) is 18.2. The third kappa shape index (κ3) is 3.37. The second kappa shape index (κ2) is 7.44. The summed E-state index contributed by atoms with van der Waals surface area (Å²) in [5.41, 5.74) is 11.0. The Kier molecular flexibility index (Phi) is 4.84. The van der Waals surface area contributed by atoms with E-state index < -0.39 is 0 Å². The lowest BCUT2D eigenvalue weighted by atomic mass is 10.1. The van der Waals surface area contributed by atoms with Crippen LogP contribution in [0.25, 0.3) is 21.5 Å². The molecule has 0 saturated carbocycles. The highest BCUT2D eigenvalue weighted by molar-refractivity contribution is 7.21. The monoisotopic (exact) mass is 387 g/mol. The van der Waals surface area contributed by atoms with Crippen LogP contribution in [0.5, 0.6) is 0 Å². The average Bonchev–Trinajstić information content (AvgIpc) is 3.04. The first-order valence-corrected chi connectivity index (χ1v) is 9.90. The molecule has 4 aromatic rings. The van der Waals surface area contributed by atoms with Gasteiger partial charge in [0.1, 0.15) is 9.71 Å². The van der Waals surface area contributed by atoms with Crippen molar-refractivity contribution in [2.75, 3.05) is 12.8 Å². The zero-order valence-electron chi connectivity index (χ0n) is 15.8. The van der Waals surface area contributed by atoms with Crippen LogP contribution in [-0.2, 0) is 6.54 Å². The molecule has 2 N–H and O–H groups in total. The van der Waals surface area contributed by atoms with E-state index in [0.29, 0.717) is 17.1 Å². The molecule has 28 heavy (non-hydrogen) atoms. The Morgan fingerprint density at radius 1 is 1.07 bits per heavy atom. The molecule has 2 aromatic carbocycles. The predicted octanol–water partition coefficient (Wildman–Crippen LogP) is 5.13. The summed E-state index contributed by atoms with van der Waals surface area (Å²) in [6.45, 7) is 2.56. The van der Waals surface area contributed by atoms with E-state index in [-0.39, 0.29) is 5.91 Å². The van der Waals surface area contributed by atoms with Crippen molar-refractivity contribution in [3.05, 3.63) is 82.7 Å². The molecule has 4 nitrogen and oxygen atoms in total. The number of fused-ring (bicyclic) bond motifs is 1. The number of benzene rings is 2. The molecule has 5 heteroatoms. The summed E-state index contributed by atoms with van der Waals surface area (Å²) in [4.78, 5) is 20.9. The number of hydrogen-bond acceptors (Lipinski definition) is 4. The van der Waals surface area contributed by atoms with E-state index in [9.17, 15) is 4.79 Å². The van der Waals surface area contributed by atoms with Gasteiger partial charge in [-0.3, -0.25) is 4.79 Å². The van der Waals surface area contributed by atoms with Gasteiger partial charge in [0.25, 0.3) is 5.91 Å². The van der Waals surface area contributed by atoms with Crippen LogP contribution in [0, 0.1) is 6.92 Å². The van der Waals surface area contributed by atoms with Crippen LogP contribution in [0.1, 0.15) is 20.8 Å². The molecule has 0 unspecified atom stereocenters. The number of amides is 1. The molecule has 0 aliphatic rings. The SMILES string of the molecule is Cc1cc2c(N)c(C(=O)N(C)Cc3ccccc3)sc2nc1-c1ccccc1. The highest BCUT2D eigenvalue weighted by atomic mass is 32.1. The van der Waals surface area contributed by atoms with Gasteiger partial charge in [0.05, 0.1) is 11.4 Å². The lowest BCUT2D eigenvalue weighted by Gasteiger charge is -2.16. The molecule has 0 bridgehead atoms. The van der Waals surface area contributed by atoms with Crippen LogP contribution in [-0.4, -0.2) is 22.8 Å². The molecule has 0 atom stereocenters. The summed E-state index contributed by atoms with van der Waals surface area (Å²) in [5.74, 6) is -0.0803. The van der Waals surface area contributed by atoms with Crippen LogP contribution >= 0.6 is 11.3 Å². The number of rotatable bonds is 4. The van der Waals surface area contributed by atoms with Gasteiger partial charge in [-0.25, -0.2) is 4.98 Å². The average molecular weight is 388 g/mol. The Morgan fingerprint density at radius 2 is 1.71 bits per heavy atom. The van der Waals surface area contributed by atoms with Crippen molar-refractivity contribution in [2.45, 2.75) is 13.5 Å². The molecule has 0 aliphatic carbocycles. The molecular weight excluding hydrogens is 366 g/mol. The van der Waals surface area contributed by atoms with Gasteiger partial charge in [-0.2, -0.15) is 0 Å². The zero-order valence-corrected chi connectivity index (χ0v) is 16.7. The number of hydrogen-bond donors (Lipinski definition) is 1. The molecule has 0 saturated heterocycles. The minimum Gasteiger partial charge on any atom is -0.397 e. The molecule has 4 rings (SSSR count). The van der Waals surface area contributed by atoms with Crippen molar-refractivity contribution in [2.24, 2.45) is 0 Å². The highest BCUT2D eigenvalue weighted by Crippen LogP contribution is 2.36. The molecule has 1 amide bonds. The third-order valence-electron chi connectivity index (χ3n) is 4.76. The third-order valence-corrected chi connectivity index (χ3v) is 5.87. The van der Waals surface area contributed by atoms with Crippen molar-refractivity contribution >= 4 is 33.1 Å². The molecule has 2 aromatic heterocycles.